The van der Waals surface area contributed by atoms with Crippen LogP contribution in [-0.4, -0.2) is 49.6 Å². The number of likely N-dealkylation sites (N-methyl/N-ethyl adjacent to an activating group) is 1. The molecule has 1 saturated heterocycles. The summed E-state index contributed by atoms with van der Waals surface area (Å²) in [6.07, 6.45) is 0.371. The van der Waals surface area contributed by atoms with Crippen LogP contribution in [0.5, 0.6) is 11.5 Å². The molecule has 0 radical (unpaired) electrons. The van der Waals surface area contributed by atoms with Crippen LogP contribution in [0.4, 0.5) is 11.4 Å². The topological polar surface area (TPSA) is 88.2 Å². The molecular formula is C21H21N3O5. The lowest BCUT2D eigenvalue weighted by Crippen LogP contribution is -2.68. The smallest absolute Gasteiger partial charge is 0.271 e. The lowest BCUT2D eigenvalue weighted by atomic mass is 9.96. The highest BCUT2D eigenvalue weighted by atomic mass is 16.5. The third-order valence-corrected chi connectivity index (χ3v) is 5.51. The van der Waals surface area contributed by atoms with E-state index >= 15 is 0 Å². The molecule has 0 bridgehead atoms. The van der Waals surface area contributed by atoms with Crippen molar-refractivity contribution in [3.8, 4) is 11.5 Å². The van der Waals surface area contributed by atoms with E-state index in [1.165, 1.54) is 24.0 Å². The zero-order chi connectivity index (χ0) is 20.8. The predicted octanol–water partition coefficient (Wildman–Crippen LogP) is 2.25. The number of ether oxygens (including phenoxy) is 2. The van der Waals surface area contributed by atoms with E-state index < -0.39 is 11.6 Å². The quantitative estimate of drug-likeness (QED) is 0.858. The van der Waals surface area contributed by atoms with E-state index in [9.17, 15) is 14.4 Å². The van der Waals surface area contributed by atoms with Crippen LogP contribution in [-0.2, 0) is 9.59 Å². The van der Waals surface area contributed by atoms with Crippen LogP contribution in [0.3, 0.4) is 0 Å². The van der Waals surface area contributed by atoms with Gasteiger partial charge in [-0.1, -0.05) is 12.1 Å². The lowest BCUT2D eigenvalue weighted by Gasteiger charge is -2.47. The van der Waals surface area contributed by atoms with Crippen LogP contribution in [0.25, 0.3) is 0 Å². The van der Waals surface area contributed by atoms with Crippen molar-refractivity contribution in [3.63, 3.8) is 0 Å². The summed E-state index contributed by atoms with van der Waals surface area (Å²) in [5, 5.41) is 2.84. The van der Waals surface area contributed by atoms with Crippen molar-refractivity contribution in [2.45, 2.75) is 18.5 Å². The molecule has 0 saturated carbocycles. The first kappa shape index (κ1) is 18.8. The molecule has 0 aliphatic carbocycles. The summed E-state index contributed by atoms with van der Waals surface area (Å²) in [5.41, 5.74) is -0.133. The molecule has 150 valence electrons. The Labute approximate surface area is 168 Å². The average Bonchev–Trinajstić information content (AvgIpc) is 3.10. The first-order valence-electron chi connectivity index (χ1n) is 9.17. The number of hydrogen-bond donors (Lipinski definition) is 1. The number of rotatable bonds is 4. The summed E-state index contributed by atoms with van der Waals surface area (Å²) in [4.78, 5) is 42.0. The largest absolute Gasteiger partial charge is 0.497 e. The molecule has 8 heteroatoms. The summed E-state index contributed by atoms with van der Waals surface area (Å²) in [6.45, 7) is 0. The van der Waals surface area contributed by atoms with Crippen LogP contribution in [0, 0.1) is 0 Å². The molecule has 2 heterocycles. The van der Waals surface area contributed by atoms with Gasteiger partial charge in [0.25, 0.3) is 11.8 Å². The van der Waals surface area contributed by atoms with E-state index in [4.69, 9.17) is 9.47 Å². The highest BCUT2D eigenvalue weighted by molar-refractivity contribution is 6.18. The van der Waals surface area contributed by atoms with Crippen molar-refractivity contribution in [1.82, 2.24) is 4.90 Å². The number of para-hydroxylation sites is 1. The monoisotopic (exact) mass is 395 g/mol. The van der Waals surface area contributed by atoms with Gasteiger partial charge in [-0.2, -0.15) is 0 Å². The fraction of sp³-hybridized carbons (Fsp3) is 0.286. The number of carbonyl (C=O) groups is 3. The maximum Gasteiger partial charge on any atom is 0.271 e. The standard InChI is InChI=1S/C21H21N3O5/c1-23-19(26)16-6-4-5-7-17(16)24-18(25)8-9-21(23,24)20(27)22-13-10-14(28-2)12-15(11-13)29-3/h4-7,10-12H,8-9H2,1-3H3,(H,22,27)/t21-/m0/s1. The Bertz CT molecular complexity index is 999. The third kappa shape index (κ3) is 2.71. The average molecular weight is 395 g/mol. The number of nitrogens with one attached hydrogen (secondary N) is 1. The van der Waals surface area contributed by atoms with Crippen molar-refractivity contribution in [1.29, 1.82) is 0 Å². The Hall–Kier alpha value is -3.55. The van der Waals surface area contributed by atoms with Gasteiger partial charge in [-0.3, -0.25) is 19.3 Å². The van der Waals surface area contributed by atoms with E-state index in [1.807, 2.05) is 0 Å². The maximum atomic E-state index is 13.5. The normalized spacial score (nSPS) is 20.2. The van der Waals surface area contributed by atoms with Crippen molar-refractivity contribution in [2.24, 2.45) is 0 Å². The highest BCUT2D eigenvalue weighted by Gasteiger charge is 2.59. The fourth-order valence-electron chi connectivity index (χ4n) is 4.04. The van der Waals surface area contributed by atoms with Gasteiger partial charge in [0, 0.05) is 43.8 Å². The number of anilines is 2. The molecule has 29 heavy (non-hydrogen) atoms. The maximum absolute atomic E-state index is 13.5. The molecule has 2 aromatic carbocycles. The summed E-state index contributed by atoms with van der Waals surface area (Å²) in [7, 11) is 4.58. The van der Waals surface area contributed by atoms with E-state index in [1.54, 1.807) is 49.5 Å². The van der Waals surface area contributed by atoms with Crippen LogP contribution < -0.4 is 19.7 Å². The molecule has 3 amide bonds. The molecule has 4 rings (SSSR count). The number of methoxy groups -OCH3 is 2. The van der Waals surface area contributed by atoms with Gasteiger partial charge in [0.1, 0.15) is 11.5 Å². The zero-order valence-corrected chi connectivity index (χ0v) is 16.4. The minimum Gasteiger partial charge on any atom is -0.497 e. The van der Waals surface area contributed by atoms with E-state index in [0.29, 0.717) is 28.4 Å². The zero-order valence-electron chi connectivity index (χ0n) is 16.4. The molecule has 2 aliphatic rings. The lowest BCUT2D eigenvalue weighted by molar-refractivity contribution is -0.128. The molecule has 0 spiro atoms. The fourth-order valence-corrected chi connectivity index (χ4v) is 4.04. The Morgan fingerprint density at radius 3 is 2.38 bits per heavy atom. The molecule has 2 aliphatic heterocycles. The predicted molar refractivity (Wildman–Crippen MR) is 106 cm³/mol. The minimum absolute atomic E-state index is 0.167. The Morgan fingerprint density at radius 1 is 1.07 bits per heavy atom. The van der Waals surface area contributed by atoms with Gasteiger partial charge in [-0.05, 0) is 12.1 Å². The van der Waals surface area contributed by atoms with Crippen molar-refractivity contribution in [2.75, 3.05) is 31.5 Å². The van der Waals surface area contributed by atoms with Gasteiger partial charge in [-0.15, -0.1) is 0 Å². The number of nitrogens with zero attached hydrogens (tertiary/aromatic N) is 2. The molecule has 0 unspecified atom stereocenters. The summed E-state index contributed by atoms with van der Waals surface area (Å²) in [6, 6.07) is 11.8. The number of carbonyl (C=O) groups excluding carboxylic acids is 3. The van der Waals surface area contributed by atoms with Gasteiger partial charge in [0.05, 0.1) is 25.5 Å². The van der Waals surface area contributed by atoms with Crippen LogP contribution >= 0.6 is 0 Å². The Balaban J connectivity index is 1.78. The number of benzene rings is 2. The van der Waals surface area contributed by atoms with Gasteiger partial charge in [0.2, 0.25) is 11.6 Å². The second kappa shape index (κ2) is 6.80. The van der Waals surface area contributed by atoms with E-state index in [0.717, 1.165) is 0 Å². The molecule has 1 fully saturated rings. The third-order valence-electron chi connectivity index (χ3n) is 5.51. The molecule has 1 atom stereocenters. The van der Waals surface area contributed by atoms with Crippen molar-refractivity contribution in [3.05, 3.63) is 48.0 Å². The first-order valence-corrected chi connectivity index (χ1v) is 9.17. The van der Waals surface area contributed by atoms with E-state index in [-0.39, 0.29) is 24.7 Å². The van der Waals surface area contributed by atoms with Crippen molar-refractivity contribution >= 4 is 29.1 Å². The second-order valence-corrected chi connectivity index (χ2v) is 6.98. The summed E-state index contributed by atoms with van der Waals surface area (Å²) in [5.74, 6) is 0.0500. The van der Waals surface area contributed by atoms with Gasteiger partial charge >= 0.3 is 0 Å². The minimum atomic E-state index is -1.43. The van der Waals surface area contributed by atoms with E-state index in [2.05, 4.69) is 5.32 Å². The number of amides is 3. The number of fused-ring (bicyclic) bond motifs is 3. The SMILES string of the molecule is COc1cc(NC(=O)[C@]23CCC(=O)N2c2ccccc2C(=O)N3C)cc(OC)c1. The van der Waals surface area contributed by atoms with Crippen LogP contribution in [0.2, 0.25) is 0 Å². The van der Waals surface area contributed by atoms with Crippen LogP contribution in [0.15, 0.2) is 42.5 Å². The van der Waals surface area contributed by atoms with Gasteiger partial charge in [-0.25, -0.2) is 0 Å². The second-order valence-electron chi connectivity index (χ2n) is 6.98. The summed E-state index contributed by atoms with van der Waals surface area (Å²) >= 11 is 0. The molecule has 8 nitrogen and oxygen atoms in total. The molecule has 1 N–H and O–H groups in total. The van der Waals surface area contributed by atoms with Crippen molar-refractivity contribution < 1.29 is 23.9 Å². The van der Waals surface area contributed by atoms with Crippen LogP contribution in [0.1, 0.15) is 23.2 Å². The molecular weight excluding hydrogens is 374 g/mol. The molecule has 2 aromatic rings. The first-order chi connectivity index (χ1) is 13.9. The molecule has 0 aromatic heterocycles. The van der Waals surface area contributed by atoms with Gasteiger partial charge < -0.3 is 19.7 Å². The Kier molecular flexibility index (Phi) is 4.41. The summed E-state index contributed by atoms with van der Waals surface area (Å²) < 4.78 is 10.5. The Morgan fingerprint density at radius 2 is 1.72 bits per heavy atom. The number of hydrogen-bond acceptors (Lipinski definition) is 5. The van der Waals surface area contributed by atoms with Gasteiger partial charge in [0.15, 0.2) is 0 Å². The highest BCUT2D eigenvalue weighted by Crippen LogP contribution is 2.44.